The minimum absolute atomic E-state index is 0.0222. The minimum atomic E-state index is -0.301. The molecule has 0 bridgehead atoms. The van der Waals surface area contributed by atoms with Gasteiger partial charge in [0.25, 0.3) is 11.5 Å². The predicted molar refractivity (Wildman–Crippen MR) is 146 cm³/mol. The second kappa shape index (κ2) is 9.28. The molecule has 3 aromatic heterocycles. The third kappa shape index (κ3) is 4.47. The first-order valence-corrected chi connectivity index (χ1v) is 13.0. The van der Waals surface area contributed by atoms with Crippen LogP contribution in [0.25, 0.3) is 11.3 Å². The Balaban J connectivity index is 1.52. The van der Waals surface area contributed by atoms with Crippen LogP contribution in [0.2, 0.25) is 0 Å². The van der Waals surface area contributed by atoms with E-state index in [2.05, 4.69) is 42.4 Å². The summed E-state index contributed by atoms with van der Waals surface area (Å²) in [6, 6.07) is 11.1. The lowest BCUT2D eigenvalue weighted by molar-refractivity contribution is 0.0999. The van der Waals surface area contributed by atoms with Crippen molar-refractivity contribution in [3.8, 4) is 11.3 Å². The maximum atomic E-state index is 13.4. The first-order valence-electron chi connectivity index (χ1n) is 12.2. The maximum absolute atomic E-state index is 13.4. The van der Waals surface area contributed by atoms with E-state index >= 15 is 0 Å². The van der Waals surface area contributed by atoms with Crippen molar-refractivity contribution in [2.24, 2.45) is 7.05 Å². The van der Waals surface area contributed by atoms with E-state index in [-0.39, 0.29) is 23.5 Å². The molecule has 192 valence electrons. The van der Waals surface area contributed by atoms with E-state index in [1.807, 2.05) is 31.3 Å². The highest BCUT2D eigenvalue weighted by atomic mass is 32.1. The highest BCUT2D eigenvalue weighted by Crippen LogP contribution is 2.41. The molecule has 0 radical (unpaired) electrons. The lowest BCUT2D eigenvalue weighted by Gasteiger charge is -2.22. The van der Waals surface area contributed by atoms with Crippen LogP contribution in [0, 0.1) is 0 Å². The largest absolute Gasteiger partial charge is 0.392 e. The second-order valence-corrected chi connectivity index (χ2v) is 11.2. The Morgan fingerprint density at radius 3 is 2.57 bits per heavy atom. The quantitative estimate of drug-likeness (QED) is 0.392. The molecule has 2 N–H and O–H groups in total. The van der Waals surface area contributed by atoms with Crippen molar-refractivity contribution in [3.63, 3.8) is 0 Å². The summed E-state index contributed by atoms with van der Waals surface area (Å²) in [6.45, 7) is 9.28. The van der Waals surface area contributed by atoms with Crippen molar-refractivity contribution in [1.82, 2.24) is 19.6 Å². The molecule has 4 heterocycles. The highest BCUT2D eigenvalue weighted by Gasteiger charge is 2.34. The van der Waals surface area contributed by atoms with Crippen LogP contribution in [0.5, 0.6) is 0 Å². The molecule has 4 aromatic rings. The summed E-state index contributed by atoms with van der Waals surface area (Å²) in [5.41, 5.74) is 3.37. The molecule has 1 aromatic carbocycles. The molecule has 10 heteroatoms. The van der Waals surface area contributed by atoms with Crippen molar-refractivity contribution in [1.29, 1.82) is 0 Å². The van der Waals surface area contributed by atoms with Gasteiger partial charge in [-0.1, -0.05) is 32.9 Å². The molecule has 0 atom stereocenters. The number of hydrogen-bond donors (Lipinski definition) is 2. The summed E-state index contributed by atoms with van der Waals surface area (Å²) in [5, 5.41) is 22.4. The lowest BCUT2D eigenvalue weighted by atomic mass is 9.94. The Hall–Kier alpha value is -3.76. The Morgan fingerprint density at radius 1 is 1.14 bits per heavy atom. The van der Waals surface area contributed by atoms with Crippen LogP contribution in [-0.4, -0.2) is 30.6 Å². The lowest BCUT2D eigenvalue weighted by Crippen LogP contribution is -2.25. The van der Waals surface area contributed by atoms with Crippen LogP contribution in [-0.2, 0) is 32.2 Å². The number of benzene rings is 1. The zero-order chi connectivity index (χ0) is 26.5. The fourth-order valence-corrected chi connectivity index (χ4v) is 5.64. The third-order valence-electron chi connectivity index (χ3n) is 6.48. The summed E-state index contributed by atoms with van der Waals surface area (Å²) in [4.78, 5) is 29.9. The smallest absolute Gasteiger partial charge is 0.290 e. The van der Waals surface area contributed by atoms with E-state index in [0.29, 0.717) is 47.1 Å². The van der Waals surface area contributed by atoms with Gasteiger partial charge in [-0.25, -0.2) is 4.68 Å². The van der Waals surface area contributed by atoms with Gasteiger partial charge in [-0.15, -0.1) is 11.3 Å². The Morgan fingerprint density at radius 2 is 1.92 bits per heavy atom. The number of rotatable bonds is 6. The van der Waals surface area contributed by atoms with Crippen LogP contribution in [0.3, 0.4) is 0 Å². The molecule has 1 amide bonds. The number of anilines is 3. The van der Waals surface area contributed by atoms with E-state index < -0.39 is 0 Å². The number of aryl methyl sites for hydroxylation is 2. The monoisotopic (exact) mass is 518 g/mol. The van der Waals surface area contributed by atoms with Crippen LogP contribution >= 0.6 is 11.3 Å². The van der Waals surface area contributed by atoms with Gasteiger partial charge in [-0.3, -0.25) is 14.3 Å². The van der Waals surface area contributed by atoms with Gasteiger partial charge in [0.2, 0.25) is 0 Å². The van der Waals surface area contributed by atoms with Crippen molar-refractivity contribution in [3.05, 3.63) is 73.8 Å². The average molecular weight is 519 g/mol. The number of thiophene rings is 1. The van der Waals surface area contributed by atoms with Crippen LogP contribution in [0.1, 0.15) is 53.4 Å². The predicted octanol–water partition coefficient (Wildman–Crippen LogP) is 4.42. The molecule has 1 aliphatic rings. The summed E-state index contributed by atoms with van der Waals surface area (Å²) >= 11 is 1.54. The van der Waals surface area contributed by atoms with Gasteiger partial charge in [-0.2, -0.15) is 10.2 Å². The summed E-state index contributed by atoms with van der Waals surface area (Å²) in [7, 11) is 1.58. The van der Waals surface area contributed by atoms with E-state index in [1.54, 1.807) is 28.8 Å². The summed E-state index contributed by atoms with van der Waals surface area (Å²) in [5.74, 6) is 0.486. The Kier molecular flexibility index (Phi) is 6.25. The van der Waals surface area contributed by atoms with Crippen molar-refractivity contribution in [2.45, 2.75) is 52.8 Å². The molecule has 0 saturated carbocycles. The van der Waals surface area contributed by atoms with E-state index in [9.17, 15) is 14.7 Å². The molecule has 9 nitrogen and oxygen atoms in total. The SMILES string of the molecule is CCn1ccc(Nc2cc(-c3cccc(N4Cc5cc(C(C)(C)C)sc5C4=O)c3CO)nn(C)c2=O)n1. The van der Waals surface area contributed by atoms with Crippen LogP contribution in [0.15, 0.2) is 47.4 Å². The highest BCUT2D eigenvalue weighted by molar-refractivity contribution is 7.14. The van der Waals surface area contributed by atoms with Gasteiger partial charge in [0.05, 0.1) is 29.4 Å². The van der Waals surface area contributed by atoms with Gasteiger partial charge in [0.1, 0.15) is 5.69 Å². The molecular formula is C27H30N6O3S. The first-order chi connectivity index (χ1) is 17.6. The van der Waals surface area contributed by atoms with Crippen molar-refractivity contribution in [2.75, 3.05) is 10.2 Å². The number of hydrogen-bond acceptors (Lipinski definition) is 7. The second-order valence-electron chi connectivity index (χ2n) is 10.1. The van der Waals surface area contributed by atoms with Gasteiger partial charge < -0.3 is 15.3 Å². The number of aliphatic hydroxyl groups is 1. The standard InChI is InChI=1S/C27H30N6O3S/c1-6-32-11-10-23(30-32)28-20-13-19(29-31(5)25(20)35)17-8-7-9-21(18(17)15-34)33-14-16-12-22(27(2,3)4)37-24(16)26(33)36/h7-13,34H,6,14-15H2,1-5H3,(H,28,30). The van der Waals surface area contributed by atoms with Gasteiger partial charge in [0.15, 0.2) is 5.82 Å². The maximum Gasteiger partial charge on any atom is 0.290 e. The minimum Gasteiger partial charge on any atom is -0.392 e. The topological polar surface area (TPSA) is 105 Å². The van der Waals surface area contributed by atoms with E-state index in [0.717, 1.165) is 10.4 Å². The van der Waals surface area contributed by atoms with Crippen LogP contribution < -0.4 is 15.8 Å². The molecular weight excluding hydrogens is 488 g/mol. The number of amides is 1. The molecule has 5 rings (SSSR count). The molecule has 37 heavy (non-hydrogen) atoms. The molecule has 0 fully saturated rings. The first kappa shape index (κ1) is 24.9. The van der Waals surface area contributed by atoms with E-state index in [1.165, 1.54) is 20.9 Å². The van der Waals surface area contributed by atoms with Crippen molar-refractivity contribution >= 4 is 34.4 Å². The Bertz CT molecular complexity index is 1560. The third-order valence-corrected chi connectivity index (χ3v) is 8.07. The van der Waals surface area contributed by atoms with E-state index in [4.69, 9.17) is 0 Å². The molecule has 0 unspecified atom stereocenters. The molecule has 1 aliphatic heterocycles. The molecule has 0 saturated heterocycles. The number of carbonyl (C=O) groups excluding carboxylic acids is 1. The summed E-state index contributed by atoms with van der Waals surface area (Å²) < 4.78 is 3.02. The summed E-state index contributed by atoms with van der Waals surface area (Å²) in [6.07, 6.45) is 1.83. The fraction of sp³-hybridized carbons (Fsp3) is 0.333. The van der Waals surface area contributed by atoms with Crippen LogP contribution in [0.4, 0.5) is 17.2 Å². The number of carbonyl (C=O) groups is 1. The number of nitrogens with zero attached hydrogens (tertiary/aromatic N) is 5. The Labute approximate surface area is 219 Å². The van der Waals surface area contributed by atoms with Gasteiger partial charge in [0, 0.05) is 41.9 Å². The molecule has 0 aliphatic carbocycles. The number of aromatic nitrogens is 4. The number of nitrogens with one attached hydrogen (secondary N) is 1. The fourth-order valence-electron chi connectivity index (χ4n) is 4.46. The zero-order valence-corrected chi connectivity index (χ0v) is 22.4. The number of fused-ring (bicyclic) bond motifs is 1. The zero-order valence-electron chi connectivity index (χ0n) is 21.6. The average Bonchev–Trinajstić information content (AvgIpc) is 3.57. The normalized spacial score (nSPS) is 13.4. The van der Waals surface area contributed by atoms with Gasteiger partial charge >= 0.3 is 0 Å². The molecule has 0 spiro atoms. The van der Waals surface area contributed by atoms with Crippen molar-refractivity contribution < 1.29 is 9.90 Å². The number of aliphatic hydroxyl groups excluding tert-OH is 1. The van der Waals surface area contributed by atoms with Gasteiger partial charge in [-0.05, 0) is 36.1 Å².